The molecule has 0 bridgehead atoms. The Morgan fingerprint density at radius 3 is 2.44 bits per heavy atom. The topological polar surface area (TPSA) is 88.5 Å². The smallest absolute Gasteiger partial charge is 0.227 e. The number of hydrogen-bond donors (Lipinski definition) is 1. The first kappa shape index (κ1) is 32.7. The molecular formula is C36H46N2O6Si. The molecule has 3 aromatic carbocycles. The molecule has 3 aromatic rings. The molecule has 1 saturated heterocycles. The van der Waals surface area contributed by atoms with E-state index < -0.39 is 8.07 Å². The molecule has 240 valence electrons. The molecule has 2 amide bonds. The Balaban J connectivity index is 1.51. The largest absolute Gasteiger partial charge is 0.497 e. The van der Waals surface area contributed by atoms with Crippen molar-refractivity contribution in [1.82, 2.24) is 4.90 Å². The van der Waals surface area contributed by atoms with Crippen molar-refractivity contribution < 1.29 is 28.9 Å². The van der Waals surface area contributed by atoms with Crippen molar-refractivity contribution >= 4 is 30.8 Å². The van der Waals surface area contributed by atoms with E-state index in [-0.39, 0.29) is 55.1 Å². The molecule has 0 saturated carbocycles. The third kappa shape index (κ3) is 6.95. The maximum Gasteiger partial charge on any atom is 0.227 e. The zero-order chi connectivity index (χ0) is 32.1. The number of aliphatic hydroxyl groups is 1. The number of benzene rings is 3. The summed E-state index contributed by atoms with van der Waals surface area (Å²) in [6.07, 6.45) is 1.13. The number of fused-ring (bicyclic) bond motifs is 1. The lowest BCUT2D eigenvalue weighted by Gasteiger charge is -2.46. The summed E-state index contributed by atoms with van der Waals surface area (Å²) in [5, 5.41) is 11.1. The van der Waals surface area contributed by atoms with Crippen LogP contribution in [0.2, 0.25) is 18.6 Å². The first-order chi connectivity index (χ1) is 21.7. The Hall–Kier alpha value is -3.66. The van der Waals surface area contributed by atoms with Gasteiger partial charge in [-0.3, -0.25) is 9.59 Å². The van der Waals surface area contributed by atoms with Gasteiger partial charge in [0.1, 0.15) is 17.6 Å². The van der Waals surface area contributed by atoms with Gasteiger partial charge in [0, 0.05) is 62.3 Å². The molecule has 8 nitrogen and oxygen atoms in total. The molecule has 1 fully saturated rings. The number of amides is 2. The summed E-state index contributed by atoms with van der Waals surface area (Å²) in [4.78, 5) is 30.3. The number of rotatable bonds is 12. The number of aliphatic hydroxyl groups excluding tert-OH is 1. The molecule has 2 heterocycles. The number of nitrogens with zero attached hydrogens (tertiary/aromatic N) is 2. The molecule has 9 heteroatoms. The predicted octanol–water partition coefficient (Wildman–Crippen LogP) is 5.30. The molecular weight excluding hydrogens is 584 g/mol. The van der Waals surface area contributed by atoms with Crippen molar-refractivity contribution in [3.05, 3.63) is 83.9 Å². The average molecular weight is 631 g/mol. The van der Waals surface area contributed by atoms with E-state index in [1.54, 1.807) is 19.1 Å². The van der Waals surface area contributed by atoms with Crippen molar-refractivity contribution in [2.75, 3.05) is 38.8 Å². The number of hydrogen-bond acceptors (Lipinski definition) is 6. The first-order valence-electron chi connectivity index (χ1n) is 15.9. The van der Waals surface area contributed by atoms with Crippen LogP contribution in [0.4, 0.5) is 5.69 Å². The van der Waals surface area contributed by atoms with Crippen LogP contribution in [0.1, 0.15) is 43.4 Å². The van der Waals surface area contributed by atoms with E-state index in [0.29, 0.717) is 19.5 Å². The van der Waals surface area contributed by atoms with Crippen molar-refractivity contribution in [1.29, 1.82) is 0 Å². The van der Waals surface area contributed by atoms with Gasteiger partial charge in [0.05, 0.1) is 27.9 Å². The Bertz CT molecular complexity index is 1460. The van der Waals surface area contributed by atoms with Crippen LogP contribution < -0.4 is 19.6 Å². The number of methoxy groups -OCH3 is 2. The second kappa shape index (κ2) is 14.2. The first-order valence-corrected chi connectivity index (χ1v) is 19.0. The van der Waals surface area contributed by atoms with Gasteiger partial charge < -0.3 is 29.1 Å². The van der Waals surface area contributed by atoms with Crippen LogP contribution in [-0.2, 0) is 20.9 Å². The maximum atomic E-state index is 14.2. The minimum Gasteiger partial charge on any atom is -0.497 e. The summed E-state index contributed by atoms with van der Waals surface area (Å²) in [5.41, 5.74) is 2.70. The summed E-state index contributed by atoms with van der Waals surface area (Å²) >= 11 is 0. The average Bonchev–Trinajstić information content (AvgIpc) is 3.49. The lowest BCUT2D eigenvalue weighted by molar-refractivity contribution is -0.133. The zero-order valence-corrected chi connectivity index (χ0v) is 28.1. The molecule has 45 heavy (non-hydrogen) atoms. The van der Waals surface area contributed by atoms with E-state index >= 15 is 0 Å². The lowest BCUT2D eigenvalue weighted by atomic mass is 9.86. The summed E-state index contributed by atoms with van der Waals surface area (Å²) < 4.78 is 18.5. The van der Waals surface area contributed by atoms with E-state index in [4.69, 9.17) is 14.2 Å². The van der Waals surface area contributed by atoms with E-state index in [1.165, 1.54) is 5.19 Å². The van der Waals surface area contributed by atoms with Crippen LogP contribution in [0.25, 0.3) is 0 Å². The van der Waals surface area contributed by atoms with E-state index in [0.717, 1.165) is 34.7 Å². The summed E-state index contributed by atoms with van der Waals surface area (Å²) in [6, 6.07) is 24.0. The number of ether oxygens (including phenoxy) is 3. The van der Waals surface area contributed by atoms with Crippen LogP contribution in [0.5, 0.6) is 11.5 Å². The molecule has 1 unspecified atom stereocenters. The Kier molecular flexibility index (Phi) is 10.3. The van der Waals surface area contributed by atoms with Crippen molar-refractivity contribution in [2.24, 2.45) is 5.92 Å². The number of carbonyl (C=O) groups excluding carboxylic acids is 2. The minimum absolute atomic E-state index is 0.00885. The van der Waals surface area contributed by atoms with Crippen molar-refractivity contribution in [2.45, 2.75) is 63.6 Å². The molecule has 0 spiro atoms. The van der Waals surface area contributed by atoms with Gasteiger partial charge in [-0.15, -0.1) is 0 Å². The standard InChI is InChI=1S/C36H46N2O6Si/c1-25-35(43-3)30-22-27(38-19-9-12-33(38)40)13-18-31(30)44-36(25)32(45(4,5)29-16-14-28(42-2)15-17-29)23-34(41)37(20-21-39)24-26-10-7-6-8-11-26/h6-8,10-11,13-18,22,25,32,35-36,39H,9,12,19-21,23-24H2,1-5H3/t25-,32?,35-,36-/m1/s1. The Morgan fingerprint density at radius 1 is 1.09 bits per heavy atom. The normalized spacial score (nSPS) is 20.4. The third-order valence-electron chi connectivity index (χ3n) is 9.69. The van der Waals surface area contributed by atoms with E-state index in [1.807, 2.05) is 65.6 Å². The van der Waals surface area contributed by atoms with Crippen molar-refractivity contribution in [3.8, 4) is 11.5 Å². The quantitative estimate of drug-likeness (QED) is 0.273. The summed E-state index contributed by atoms with van der Waals surface area (Å²) in [5.74, 6) is 1.57. The van der Waals surface area contributed by atoms with Crippen LogP contribution in [-0.4, -0.2) is 69.9 Å². The van der Waals surface area contributed by atoms with Gasteiger partial charge in [-0.05, 0) is 42.3 Å². The van der Waals surface area contributed by atoms with Crippen LogP contribution in [0, 0.1) is 5.92 Å². The fourth-order valence-electron chi connectivity index (χ4n) is 7.00. The van der Waals surface area contributed by atoms with E-state index in [2.05, 4.69) is 32.2 Å². The van der Waals surface area contributed by atoms with Gasteiger partial charge in [0.2, 0.25) is 11.8 Å². The highest BCUT2D eigenvalue weighted by molar-refractivity contribution is 6.91. The van der Waals surface area contributed by atoms with Gasteiger partial charge >= 0.3 is 0 Å². The number of carbonyl (C=O) groups is 2. The van der Waals surface area contributed by atoms with Gasteiger partial charge in [-0.2, -0.15) is 0 Å². The lowest BCUT2D eigenvalue weighted by Crippen LogP contribution is -2.55. The second-order valence-electron chi connectivity index (χ2n) is 12.8. The fourth-order valence-corrected chi connectivity index (χ4v) is 10.3. The highest BCUT2D eigenvalue weighted by Gasteiger charge is 2.48. The van der Waals surface area contributed by atoms with Crippen molar-refractivity contribution in [3.63, 3.8) is 0 Å². The monoisotopic (exact) mass is 630 g/mol. The molecule has 2 aliphatic rings. The molecule has 4 atom stereocenters. The van der Waals surface area contributed by atoms with Gasteiger partial charge in [0.25, 0.3) is 0 Å². The fraction of sp³-hybridized carbons (Fsp3) is 0.444. The number of anilines is 1. The highest BCUT2D eigenvalue weighted by atomic mass is 28.3. The minimum atomic E-state index is -2.40. The molecule has 5 rings (SSSR count). The Labute approximate surface area is 267 Å². The molecule has 0 aromatic heterocycles. The molecule has 1 N–H and O–H groups in total. The second-order valence-corrected chi connectivity index (χ2v) is 17.5. The predicted molar refractivity (Wildman–Crippen MR) is 179 cm³/mol. The van der Waals surface area contributed by atoms with Gasteiger partial charge in [-0.25, -0.2) is 0 Å². The van der Waals surface area contributed by atoms with Crippen LogP contribution >= 0.6 is 0 Å². The van der Waals surface area contributed by atoms with Crippen LogP contribution in [0.15, 0.2) is 72.8 Å². The molecule has 0 radical (unpaired) electrons. The van der Waals surface area contributed by atoms with Gasteiger partial charge in [0.15, 0.2) is 0 Å². The summed E-state index contributed by atoms with van der Waals surface area (Å²) in [7, 11) is 0.976. The van der Waals surface area contributed by atoms with Gasteiger partial charge in [-0.1, -0.05) is 67.7 Å². The Morgan fingerprint density at radius 2 is 1.82 bits per heavy atom. The van der Waals surface area contributed by atoms with E-state index in [9.17, 15) is 14.7 Å². The SMILES string of the molecule is COc1ccc([Si](C)(C)C(CC(=O)N(CCO)Cc2ccccc2)[C@@H]2Oc3ccc(N4CCCC4=O)cc3[C@H](OC)[C@H]2C)cc1. The zero-order valence-electron chi connectivity index (χ0n) is 27.1. The molecule has 0 aliphatic carbocycles. The van der Waals surface area contributed by atoms with Crippen LogP contribution in [0.3, 0.4) is 0 Å². The maximum absolute atomic E-state index is 14.2. The summed E-state index contributed by atoms with van der Waals surface area (Å²) in [6.45, 7) is 8.04. The molecule has 2 aliphatic heterocycles. The third-order valence-corrected chi connectivity index (χ3v) is 13.9. The highest BCUT2D eigenvalue weighted by Crippen LogP contribution is 2.48.